The molecule has 0 bridgehead atoms. The van der Waals surface area contributed by atoms with Crippen LogP contribution in [0.25, 0.3) is 10.9 Å². The fraction of sp³-hybridized carbons (Fsp3) is 0.364. The molecule has 0 radical (unpaired) electrons. The van der Waals surface area contributed by atoms with Gasteiger partial charge in [-0.3, -0.25) is 14.5 Å². The molecule has 2 aromatic heterocycles. The average molecular weight is 411 g/mol. The summed E-state index contributed by atoms with van der Waals surface area (Å²) in [6.45, 7) is 5.30. The Morgan fingerprint density at radius 2 is 1.93 bits per heavy atom. The molecule has 1 atom stereocenters. The van der Waals surface area contributed by atoms with Gasteiger partial charge in [0.2, 0.25) is 5.91 Å². The summed E-state index contributed by atoms with van der Waals surface area (Å²) in [4.78, 5) is 33.1. The molecule has 0 saturated carbocycles. The Bertz CT molecular complexity index is 974. The lowest BCUT2D eigenvalue weighted by Crippen LogP contribution is -2.55. The highest BCUT2D eigenvalue weighted by Gasteiger charge is 2.28. The first-order chi connectivity index (χ1) is 14.1. The number of para-hydroxylation sites is 1. The summed E-state index contributed by atoms with van der Waals surface area (Å²) in [5.41, 5.74) is 2.34. The molecule has 1 fully saturated rings. The molecule has 2 amide bonds. The molecular weight excluding hydrogens is 384 g/mol. The highest BCUT2D eigenvalue weighted by atomic mass is 32.1. The molecule has 1 aromatic carbocycles. The predicted molar refractivity (Wildman–Crippen MR) is 116 cm³/mol. The van der Waals surface area contributed by atoms with Gasteiger partial charge in [0, 0.05) is 49.8 Å². The minimum atomic E-state index is -0.197. The number of hydrogen-bond donors (Lipinski definition) is 2. The number of carbonyl (C=O) groups excluding carboxylic acids is 2. The highest BCUT2D eigenvalue weighted by Crippen LogP contribution is 2.18. The van der Waals surface area contributed by atoms with Gasteiger partial charge in [-0.15, -0.1) is 11.3 Å². The fourth-order valence-electron chi connectivity index (χ4n) is 3.84. The van der Waals surface area contributed by atoms with E-state index in [1.54, 1.807) is 0 Å². The number of nitrogens with one attached hydrogen (secondary N) is 2. The number of amides is 2. The van der Waals surface area contributed by atoms with Gasteiger partial charge < -0.3 is 15.2 Å². The van der Waals surface area contributed by atoms with E-state index in [1.807, 2.05) is 47.7 Å². The van der Waals surface area contributed by atoms with Crippen molar-refractivity contribution in [3.05, 3.63) is 58.4 Å². The number of nitrogens with zero attached hydrogens (tertiary/aromatic N) is 2. The molecule has 3 heterocycles. The number of thiophene rings is 1. The van der Waals surface area contributed by atoms with Crippen LogP contribution in [-0.2, 0) is 11.2 Å². The summed E-state index contributed by atoms with van der Waals surface area (Å²) < 4.78 is 0. The number of hydrogen-bond acceptors (Lipinski definition) is 4. The van der Waals surface area contributed by atoms with Gasteiger partial charge in [-0.05, 0) is 36.4 Å². The predicted octanol–water partition coefficient (Wildman–Crippen LogP) is 2.73. The number of rotatable bonds is 6. The molecule has 29 heavy (non-hydrogen) atoms. The maximum absolute atomic E-state index is 12.6. The van der Waals surface area contributed by atoms with Gasteiger partial charge in [-0.2, -0.15) is 0 Å². The Morgan fingerprint density at radius 1 is 1.14 bits per heavy atom. The van der Waals surface area contributed by atoms with E-state index >= 15 is 0 Å². The second-order valence-electron chi connectivity index (χ2n) is 7.38. The maximum Gasteiger partial charge on any atom is 0.264 e. The molecule has 152 valence electrons. The molecule has 1 saturated heterocycles. The van der Waals surface area contributed by atoms with Gasteiger partial charge in [-0.1, -0.05) is 24.3 Å². The van der Waals surface area contributed by atoms with Crippen LogP contribution in [0.1, 0.15) is 22.2 Å². The third-order valence-corrected chi connectivity index (χ3v) is 6.49. The van der Waals surface area contributed by atoms with E-state index in [0.29, 0.717) is 32.7 Å². The van der Waals surface area contributed by atoms with Gasteiger partial charge in [-0.25, -0.2) is 0 Å². The summed E-state index contributed by atoms with van der Waals surface area (Å²) in [6, 6.07) is 11.8. The molecule has 7 heteroatoms. The molecular formula is C22H26N4O2S. The highest BCUT2D eigenvalue weighted by molar-refractivity contribution is 7.12. The van der Waals surface area contributed by atoms with Crippen LogP contribution in [0.2, 0.25) is 0 Å². The number of H-pyrrole nitrogens is 1. The van der Waals surface area contributed by atoms with Gasteiger partial charge in [0.25, 0.3) is 5.91 Å². The van der Waals surface area contributed by atoms with Crippen LogP contribution < -0.4 is 5.32 Å². The van der Waals surface area contributed by atoms with Crippen molar-refractivity contribution >= 4 is 34.1 Å². The molecule has 0 aliphatic carbocycles. The normalized spacial score (nSPS) is 16.1. The van der Waals surface area contributed by atoms with E-state index in [9.17, 15) is 9.59 Å². The second kappa shape index (κ2) is 8.80. The largest absolute Gasteiger partial charge is 0.361 e. The summed E-state index contributed by atoms with van der Waals surface area (Å²) in [7, 11) is 0. The SMILES string of the molecule is CC(C(=O)NCCc1c[nH]c2ccccc12)N1CCN(C(=O)c2cccs2)CC1. The van der Waals surface area contributed by atoms with E-state index in [4.69, 9.17) is 0 Å². The Balaban J connectivity index is 1.24. The van der Waals surface area contributed by atoms with Crippen molar-refractivity contribution in [1.29, 1.82) is 0 Å². The van der Waals surface area contributed by atoms with E-state index in [2.05, 4.69) is 27.3 Å². The minimum Gasteiger partial charge on any atom is -0.361 e. The van der Waals surface area contributed by atoms with Gasteiger partial charge in [0.05, 0.1) is 10.9 Å². The first-order valence-corrected chi connectivity index (χ1v) is 10.9. The van der Waals surface area contributed by atoms with Crippen molar-refractivity contribution in [3.8, 4) is 0 Å². The Labute approximate surface area is 174 Å². The van der Waals surface area contributed by atoms with E-state index in [0.717, 1.165) is 16.8 Å². The van der Waals surface area contributed by atoms with Crippen molar-refractivity contribution in [2.45, 2.75) is 19.4 Å². The zero-order valence-corrected chi connectivity index (χ0v) is 17.4. The lowest BCUT2D eigenvalue weighted by molar-refractivity contribution is -0.126. The van der Waals surface area contributed by atoms with E-state index in [1.165, 1.54) is 22.3 Å². The van der Waals surface area contributed by atoms with Crippen molar-refractivity contribution in [1.82, 2.24) is 20.1 Å². The molecule has 3 aromatic rings. The van der Waals surface area contributed by atoms with Crippen LogP contribution in [0.5, 0.6) is 0 Å². The number of fused-ring (bicyclic) bond motifs is 1. The van der Waals surface area contributed by atoms with Crippen LogP contribution in [0, 0.1) is 0 Å². The summed E-state index contributed by atoms with van der Waals surface area (Å²) >= 11 is 1.47. The standard InChI is InChI=1S/C22H26N4O2S/c1-16(25-10-12-26(13-11-25)22(28)20-7-4-14-29-20)21(27)23-9-8-17-15-24-19-6-3-2-5-18(17)19/h2-7,14-16,24H,8-13H2,1H3,(H,23,27). The molecule has 0 spiro atoms. The molecule has 1 unspecified atom stereocenters. The lowest BCUT2D eigenvalue weighted by Gasteiger charge is -2.37. The third kappa shape index (κ3) is 4.36. The zero-order chi connectivity index (χ0) is 20.2. The van der Waals surface area contributed by atoms with Crippen molar-refractivity contribution in [2.24, 2.45) is 0 Å². The minimum absolute atomic E-state index is 0.0443. The van der Waals surface area contributed by atoms with Crippen LogP contribution in [0.15, 0.2) is 48.0 Å². The van der Waals surface area contributed by atoms with Gasteiger partial charge in [0.1, 0.15) is 0 Å². The lowest BCUT2D eigenvalue weighted by atomic mass is 10.1. The van der Waals surface area contributed by atoms with Crippen LogP contribution in [0.4, 0.5) is 0 Å². The Hall–Kier alpha value is -2.64. The zero-order valence-electron chi connectivity index (χ0n) is 16.6. The quantitative estimate of drug-likeness (QED) is 0.657. The average Bonchev–Trinajstić information content (AvgIpc) is 3.43. The number of aromatic amines is 1. The van der Waals surface area contributed by atoms with Crippen LogP contribution in [-0.4, -0.2) is 65.4 Å². The molecule has 2 N–H and O–H groups in total. The summed E-state index contributed by atoms with van der Waals surface area (Å²) in [5, 5.41) is 6.20. The summed E-state index contributed by atoms with van der Waals surface area (Å²) in [6.07, 6.45) is 2.82. The fourth-order valence-corrected chi connectivity index (χ4v) is 4.53. The smallest absolute Gasteiger partial charge is 0.264 e. The van der Waals surface area contributed by atoms with E-state index in [-0.39, 0.29) is 17.9 Å². The molecule has 6 nitrogen and oxygen atoms in total. The van der Waals surface area contributed by atoms with Crippen LogP contribution in [0.3, 0.4) is 0 Å². The van der Waals surface area contributed by atoms with Crippen molar-refractivity contribution < 1.29 is 9.59 Å². The molecule has 1 aliphatic heterocycles. The molecule has 1 aliphatic rings. The Kier molecular flexibility index (Phi) is 5.97. The van der Waals surface area contributed by atoms with Crippen molar-refractivity contribution in [3.63, 3.8) is 0 Å². The molecule has 4 rings (SSSR count). The monoisotopic (exact) mass is 410 g/mol. The van der Waals surface area contributed by atoms with Crippen LogP contribution >= 0.6 is 11.3 Å². The maximum atomic E-state index is 12.6. The summed E-state index contributed by atoms with van der Waals surface area (Å²) in [5.74, 6) is 0.137. The van der Waals surface area contributed by atoms with Crippen molar-refractivity contribution in [2.75, 3.05) is 32.7 Å². The number of aromatic nitrogens is 1. The Morgan fingerprint density at radius 3 is 2.69 bits per heavy atom. The first-order valence-electron chi connectivity index (χ1n) is 10.0. The third-order valence-electron chi connectivity index (χ3n) is 5.63. The second-order valence-corrected chi connectivity index (χ2v) is 8.33. The first kappa shape index (κ1) is 19.7. The van der Waals surface area contributed by atoms with Gasteiger partial charge >= 0.3 is 0 Å². The number of piperazine rings is 1. The van der Waals surface area contributed by atoms with E-state index < -0.39 is 0 Å². The van der Waals surface area contributed by atoms with Gasteiger partial charge in [0.15, 0.2) is 0 Å². The number of benzene rings is 1. The topological polar surface area (TPSA) is 68.4 Å². The number of carbonyl (C=O) groups is 2.